The van der Waals surface area contributed by atoms with E-state index in [1.165, 1.54) is 6.42 Å². The summed E-state index contributed by atoms with van der Waals surface area (Å²) in [7, 11) is -1.69. The summed E-state index contributed by atoms with van der Waals surface area (Å²) >= 11 is 0. The van der Waals surface area contributed by atoms with Crippen LogP contribution < -0.4 is 0 Å². The smallest absolute Gasteiger partial charge is 0.281 e. The molecule has 8 heteroatoms. The first-order chi connectivity index (χ1) is 11.0. The van der Waals surface area contributed by atoms with Gasteiger partial charge < -0.3 is 4.52 Å². The van der Waals surface area contributed by atoms with E-state index in [9.17, 15) is 8.42 Å². The molecule has 3 rings (SSSR count). The lowest BCUT2D eigenvalue weighted by atomic mass is 9.96. The molecule has 1 aliphatic heterocycles. The SMILES string of the molecule is Cc1noc([C@H]2CCCN(S(=O)(=O)N(C)C3CCCCC3)C2)n1. The van der Waals surface area contributed by atoms with Gasteiger partial charge in [0.05, 0.1) is 5.92 Å². The van der Waals surface area contributed by atoms with E-state index in [2.05, 4.69) is 10.1 Å². The number of nitrogens with zero attached hydrogens (tertiary/aromatic N) is 4. The maximum Gasteiger partial charge on any atom is 0.281 e. The molecule has 1 aliphatic carbocycles. The Hall–Kier alpha value is -0.990. The highest BCUT2D eigenvalue weighted by molar-refractivity contribution is 7.86. The fourth-order valence-corrected chi connectivity index (χ4v) is 5.33. The summed E-state index contributed by atoms with van der Waals surface area (Å²) in [5.74, 6) is 1.15. The van der Waals surface area contributed by atoms with Crippen LogP contribution in [0.15, 0.2) is 4.52 Å². The van der Waals surface area contributed by atoms with Crippen molar-refractivity contribution in [2.45, 2.75) is 63.8 Å². The van der Waals surface area contributed by atoms with Crippen LogP contribution in [0.1, 0.15) is 62.6 Å². The molecule has 0 radical (unpaired) electrons. The van der Waals surface area contributed by atoms with Crippen LogP contribution in [0.25, 0.3) is 0 Å². The molecule has 0 unspecified atom stereocenters. The first-order valence-electron chi connectivity index (χ1n) is 8.52. The van der Waals surface area contributed by atoms with Gasteiger partial charge in [0.2, 0.25) is 5.89 Å². The molecule has 0 spiro atoms. The second-order valence-electron chi connectivity index (χ2n) is 6.69. The highest BCUT2D eigenvalue weighted by Gasteiger charge is 2.37. The summed E-state index contributed by atoms with van der Waals surface area (Å²) in [5, 5.41) is 3.82. The van der Waals surface area contributed by atoms with Crippen molar-refractivity contribution in [2.24, 2.45) is 0 Å². The molecule has 0 N–H and O–H groups in total. The Bertz CT molecular complexity index is 624. The van der Waals surface area contributed by atoms with Crippen molar-refractivity contribution in [3.63, 3.8) is 0 Å². The first-order valence-corrected chi connectivity index (χ1v) is 9.91. The molecule has 2 fully saturated rings. The summed E-state index contributed by atoms with van der Waals surface area (Å²) in [6.45, 7) is 2.78. The van der Waals surface area contributed by atoms with Crippen LogP contribution >= 0.6 is 0 Å². The molecule has 2 heterocycles. The first kappa shape index (κ1) is 16.9. The van der Waals surface area contributed by atoms with Crippen LogP contribution in [0.3, 0.4) is 0 Å². The lowest BCUT2D eigenvalue weighted by Crippen LogP contribution is -2.49. The van der Waals surface area contributed by atoms with Gasteiger partial charge in [0.15, 0.2) is 5.82 Å². The van der Waals surface area contributed by atoms with Crippen LogP contribution in [0, 0.1) is 6.92 Å². The standard InChI is InChI=1S/C15H26N4O3S/c1-12-16-15(22-17-12)13-7-6-10-19(11-13)23(20,21)18(2)14-8-4-3-5-9-14/h13-14H,3-11H2,1-2H3/t13-/m0/s1. The minimum atomic E-state index is -3.42. The highest BCUT2D eigenvalue weighted by atomic mass is 32.2. The molecule has 2 aliphatic rings. The number of rotatable bonds is 4. The lowest BCUT2D eigenvalue weighted by Gasteiger charge is -2.37. The molecular formula is C15H26N4O3S. The van der Waals surface area contributed by atoms with Crippen molar-refractivity contribution in [3.8, 4) is 0 Å². The van der Waals surface area contributed by atoms with E-state index >= 15 is 0 Å². The Morgan fingerprint density at radius 2 is 1.91 bits per heavy atom. The zero-order valence-corrected chi connectivity index (χ0v) is 14.8. The summed E-state index contributed by atoms with van der Waals surface area (Å²) in [4.78, 5) is 4.27. The summed E-state index contributed by atoms with van der Waals surface area (Å²) in [6.07, 6.45) is 7.10. The minimum absolute atomic E-state index is 0.000481. The van der Waals surface area contributed by atoms with Gasteiger partial charge in [-0.15, -0.1) is 0 Å². The van der Waals surface area contributed by atoms with Gasteiger partial charge in [-0.1, -0.05) is 24.4 Å². The average molecular weight is 342 g/mol. The fraction of sp³-hybridized carbons (Fsp3) is 0.867. The van der Waals surface area contributed by atoms with E-state index in [-0.39, 0.29) is 12.0 Å². The van der Waals surface area contributed by atoms with E-state index < -0.39 is 10.2 Å². The van der Waals surface area contributed by atoms with Crippen LogP contribution in [0.2, 0.25) is 0 Å². The van der Waals surface area contributed by atoms with Gasteiger partial charge in [0, 0.05) is 26.2 Å². The molecule has 130 valence electrons. The second kappa shape index (κ2) is 6.86. The van der Waals surface area contributed by atoms with E-state index in [0.29, 0.717) is 24.8 Å². The van der Waals surface area contributed by atoms with E-state index in [4.69, 9.17) is 4.52 Å². The van der Waals surface area contributed by atoms with Crippen LogP contribution in [0.5, 0.6) is 0 Å². The van der Waals surface area contributed by atoms with Gasteiger partial charge in [-0.2, -0.15) is 22.0 Å². The van der Waals surface area contributed by atoms with Crippen molar-refractivity contribution in [2.75, 3.05) is 20.1 Å². The number of aryl methyl sites for hydroxylation is 1. The molecule has 1 aromatic rings. The maximum absolute atomic E-state index is 13.0. The third kappa shape index (κ3) is 3.59. The van der Waals surface area contributed by atoms with Gasteiger partial charge in [-0.25, -0.2) is 0 Å². The normalized spacial score (nSPS) is 25.1. The molecule has 1 saturated carbocycles. The molecule has 1 atom stereocenters. The second-order valence-corrected chi connectivity index (χ2v) is 8.68. The zero-order valence-electron chi connectivity index (χ0n) is 13.9. The Kier molecular flexibility index (Phi) is 5.03. The Morgan fingerprint density at radius 1 is 1.17 bits per heavy atom. The third-order valence-electron chi connectivity index (χ3n) is 5.06. The van der Waals surface area contributed by atoms with E-state index in [0.717, 1.165) is 38.5 Å². The van der Waals surface area contributed by atoms with Crippen LogP contribution in [0.4, 0.5) is 0 Å². The predicted octanol–water partition coefficient (Wildman–Crippen LogP) is 2.07. The van der Waals surface area contributed by atoms with Crippen molar-refractivity contribution in [3.05, 3.63) is 11.7 Å². The van der Waals surface area contributed by atoms with E-state index in [1.54, 1.807) is 22.6 Å². The van der Waals surface area contributed by atoms with Gasteiger partial charge in [-0.3, -0.25) is 0 Å². The van der Waals surface area contributed by atoms with Gasteiger partial charge in [0.25, 0.3) is 10.2 Å². The maximum atomic E-state index is 13.0. The third-order valence-corrected chi connectivity index (χ3v) is 7.07. The molecular weight excluding hydrogens is 316 g/mol. The van der Waals surface area contributed by atoms with Gasteiger partial charge >= 0.3 is 0 Å². The Balaban J connectivity index is 1.71. The number of hydrogen-bond acceptors (Lipinski definition) is 5. The zero-order chi connectivity index (χ0) is 16.4. The van der Waals surface area contributed by atoms with Crippen LogP contribution in [-0.2, 0) is 10.2 Å². The molecule has 0 amide bonds. The monoisotopic (exact) mass is 342 g/mol. The summed E-state index contributed by atoms with van der Waals surface area (Å²) in [5.41, 5.74) is 0. The molecule has 0 aromatic carbocycles. The fourth-order valence-electron chi connectivity index (χ4n) is 3.65. The number of aromatic nitrogens is 2. The van der Waals surface area contributed by atoms with Crippen molar-refractivity contribution in [1.82, 2.24) is 18.8 Å². The summed E-state index contributed by atoms with van der Waals surface area (Å²) < 4.78 is 34.3. The van der Waals surface area contributed by atoms with Gasteiger partial charge in [-0.05, 0) is 32.6 Å². The van der Waals surface area contributed by atoms with Crippen LogP contribution in [-0.4, -0.2) is 53.3 Å². The Labute approximate surface area is 138 Å². The van der Waals surface area contributed by atoms with E-state index in [1.807, 2.05) is 0 Å². The van der Waals surface area contributed by atoms with Crippen molar-refractivity contribution < 1.29 is 12.9 Å². The molecule has 7 nitrogen and oxygen atoms in total. The Morgan fingerprint density at radius 3 is 2.57 bits per heavy atom. The van der Waals surface area contributed by atoms with Crippen molar-refractivity contribution >= 4 is 10.2 Å². The quantitative estimate of drug-likeness (QED) is 0.837. The molecule has 0 bridgehead atoms. The van der Waals surface area contributed by atoms with Gasteiger partial charge in [0.1, 0.15) is 0 Å². The summed E-state index contributed by atoms with van der Waals surface area (Å²) in [6, 6.07) is 0.139. The number of piperidine rings is 1. The molecule has 1 saturated heterocycles. The minimum Gasteiger partial charge on any atom is -0.339 e. The topological polar surface area (TPSA) is 79.5 Å². The lowest BCUT2D eigenvalue weighted by molar-refractivity contribution is 0.230. The molecule has 1 aromatic heterocycles. The largest absolute Gasteiger partial charge is 0.339 e. The highest BCUT2D eigenvalue weighted by Crippen LogP contribution is 2.30. The average Bonchev–Trinajstić information content (AvgIpc) is 3.01. The van der Waals surface area contributed by atoms with Crippen molar-refractivity contribution in [1.29, 1.82) is 0 Å². The predicted molar refractivity (Wildman–Crippen MR) is 86.1 cm³/mol. The molecule has 23 heavy (non-hydrogen) atoms. The number of hydrogen-bond donors (Lipinski definition) is 0.